The van der Waals surface area contributed by atoms with Crippen LogP contribution in [0.5, 0.6) is 0 Å². The first-order chi connectivity index (χ1) is 8.14. The van der Waals surface area contributed by atoms with Crippen molar-refractivity contribution in [2.24, 2.45) is 5.73 Å². The van der Waals surface area contributed by atoms with E-state index in [0.717, 1.165) is 5.56 Å². The lowest BCUT2D eigenvalue weighted by molar-refractivity contribution is -0.125. The topological polar surface area (TPSA) is 55.1 Å². The molecule has 0 aliphatic carbocycles. The fourth-order valence-electron chi connectivity index (χ4n) is 1.62. The fraction of sp³-hybridized carbons (Fsp3) is 0.500. The molecular formula is C14H22Cl2N2O. The van der Waals surface area contributed by atoms with Crippen molar-refractivity contribution >= 4 is 29.9 Å². The lowest BCUT2D eigenvalue weighted by atomic mass is 9.83. The van der Waals surface area contributed by atoms with Crippen LogP contribution in [0.2, 0.25) is 5.02 Å². The van der Waals surface area contributed by atoms with Crippen LogP contribution in [0.3, 0.4) is 0 Å². The summed E-state index contributed by atoms with van der Waals surface area (Å²) < 4.78 is 0. The molecule has 3 nitrogen and oxygen atoms in total. The molecule has 0 saturated carbocycles. The summed E-state index contributed by atoms with van der Waals surface area (Å²) in [5.74, 6) is -0.0749. The number of amides is 1. The van der Waals surface area contributed by atoms with Gasteiger partial charge in [-0.3, -0.25) is 4.79 Å². The van der Waals surface area contributed by atoms with E-state index in [-0.39, 0.29) is 18.3 Å². The molecule has 0 aromatic heterocycles. The van der Waals surface area contributed by atoms with Crippen LogP contribution in [0.4, 0.5) is 0 Å². The molecule has 3 N–H and O–H groups in total. The molecule has 1 aromatic rings. The highest BCUT2D eigenvalue weighted by Gasteiger charge is 2.32. The maximum Gasteiger partial charge on any atom is 0.230 e. The second-order valence-electron chi connectivity index (χ2n) is 5.78. The summed E-state index contributed by atoms with van der Waals surface area (Å²) in [4.78, 5) is 12.2. The Morgan fingerprint density at radius 2 is 1.79 bits per heavy atom. The van der Waals surface area contributed by atoms with Gasteiger partial charge in [0.15, 0.2) is 0 Å². The van der Waals surface area contributed by atoms with Crippen LogP contribution in [0.15, 0.2) is 24.3 Å². The Morgan fingerprint density at radius 1 is 1.26 bits per heavy atom. The Labute approximate surface area is 126 Å². The van der Waals surface area contributed by atoms with Gasteiger partial charge in [0.25, 0.3) is 0 Å². The van der Waals surface area contributed by atoms with Gasteiger partial charge in [-0.25, -0.2) is 0 Å². The average Bonchev–Trinajstić information content (AvgIpc) is 2.25. The molecular weight excluding hydrogens is 283 g/mol. The highest BCUT2D eigenvalue weighted by Crippen LogP contribution is 2.29. The van der Waals surface area contributed by atoms with Crippen molar-refractivity contribution in [2.75, 3.05) is 6.54 Å². The molecule has 0 unspecified atom stereocenters. The quantitative estimate of drug-likeness (QED) is 0.898. The van der Waals surface area contributed by atoms with Gasteiger partial charge in [-0.2, -0.15) is 0 Å². The Hall–Kier alpha value is -0.770. The summed E-state index contributed by atoms with van der Waals surface area (Å²) in [5.41, 5.74) is 5.57. The highest BCUT2D eigenvalue weighted by molar-refractivity contribution is 6.31. The van der Waals surface area contributed by atoms with Crippen LogP contribution in [0.1, 0.15) is 33.3 Å². The van der Waals surface area contributed by atoms with Crippen LogP contribution in [-0.2, 0) is 10.2 Å². The van der Waals surface area contributed by atoms with E-state index in [1.54, 1.807) is 6.07 Å². The zero-order valence-electron chi connectivity index (χ0n) is 11.8. The van der Waals surface area contributed by atoms with Crippen molar-refractivity contribution in [2.45, 2.75) is 38.6 Å². The van der Waals surface area contributed by atoms with Crippen molar-refractivity contribution in [3.63, 3.8) is 0 Å². The third kappa shape index (κ3) is 5.01. The van der Waals surface area contributed by atoms with E-state index in [1.165, 1.54) is 0 Å². The van der Waals surface area contributed by atoms with E-state index in [4.69, 9.17) is 17.3 Å². The zero-order chi connectivity index (χ0) is 14.0. The SMILES string of the molecule is CC(C)(N)CNC(=O)C(C)(C)c1ccccc1Cl.Cl. The number of halogens is 2. The predicted molar refractivity (Wildman–Crippen MR) is 83.0 cm³/mol. The molecule has 108 valence electrons. The Bertz CT molecular complexity index is 439. The highest BCUT2D eigenvalue weighted by atomic mass is 35.5. The monoisotopic (exact) mass is 304 g/mol. The lowest BCUT2D eigenvalue weighted by Gasteiger charge is -2.27. The third-order valence-electron chi connectivity index (χ3n) is 2.82. The number of hydrogen-bond acceptors (Lipinski definition) is 2. The molecule has 0 fully saturated rings. The number of nitrogens with one attached hydrogen (secondary N) is 1. The smallest absolute Gasteiger partial charge is 0.230 e. The van der Waals surface area contributed by atoms with Gasteiger partial charge in [0, 0.05) is 17.1 Å². The minimum Gasteiger partial charge on any atom is -0.354 e. The maximum atomic E-state index is 12.2. The molecule has 0 bridgehead atoms. The van der Waals surface area contributed by atoms with Gasteiger partial charge in [0.2, 0.25) is 5.91 Å². The summed E-state index contributed by atoms with van der Waals surface area (Å²) in [6, 6.07) is 7.39. The van der Waals surface area contributed by atoms with Crippen molar-refractivity contribution in [1.82, 2.24) is 5.32 Å². The van der Waals surface area contributed by atoms with Gasteiger partial charge in [-0.1, -0.05) is 29.8 Å². The van der Waals surface area contributed by atoms with Crippen molar-refractivity contribution < 1.29 is 4.79 Å². The van der Waals surface area contributed by atoms with E-state index in [1.807, 2.05) is 45.9 Å². The standard InChI is InChI=1S/C14H21ClN2O.ClH/c1-13(2,16)9-17-12(18)14(3,4)10-7-5-6-8-11(10)15;/h5-8H,9,16H2,1-4H3,(H,17,18);1H. The zero-order valence-corrected chi connectivity index (χ0v) is 13.4. The number of hydrogen-bond donors (Lipinski definition) is 2. The second kappa shape index (κ2) is 6.60. The van der Waals surface area contributed by atoms with E-state index in [9.17, 15) is 4.79 Å². The minimum absolute atomic E-state index is 0. The molecule has 0 atom stereocenters. The Morgan fingerprint density at radius 3 is 2.26 bits per heavy atom. The first-order valence-corrected chi connectivity index (χ1v) is 6.34. The van der Waals surface area contributed by atoms with E-state index in [0.29, 0.717) is 11.6 Å². The predicted octanol–water partition coefficient (Wildman–Crippen LogP) is 2.89. The molecule has 5 heteroatoms. The number of carbonyl (C=O) groups is 1. The molecule has 1 amide bonds. The fourth-order valence-corrected chi connectivity index (χ4v) is 1.99. The largest absolute Gasteiger partial charge is 0.354 e. The van der Waals surface area contributed by atoms with Crippen LogP contribution in [-0.4, -0.2) is 18.0 Å². The van der Waals surface area contributed by atoms with Gasteiger partial charge in [0.05, 0.1) is 5.41 Å². The molecule has 0 radical (unpaired) electrons. The molecule has 1 rings (SSSR count). The lowest BCUT2D eigenvalue weighted by Crippen LogP contribution is -2.49. The molecule has 0 aliphatic heterocycles. The minimum atomic E-state index is -0.677. The van der Waals surface area contributed by atoms with Gasteiger partial charge in [-0.05, 0) is 39.3 Å². The van der Waals surface area contributed by atoms with Crippen molar-refractivity contribution in [3.05, 3.63) is 34.9 Å². The summed E-state index contributed by atoms with van der Waals surface area (Å²) in [6.45, 7) is 7.88. The van der Waals surface area contributed by atoms with E-state index >= 15 is 0 Å². The number of carbonyl (C=O) groups excluding carboxylic acids is 1. The van der Waals surface area contributed by atoms with E-state index < -0.39 is 11.0 Å². The Balaban J connectivity index is 0.00000324. The van der Waals surface area contributed by atoms with Crippen LogP contribution in [0, 0.1) is 0 Å². The van der Waals surface area contributed by atoms with E-state index in [2.05, 4.69) is 5.32 Å². The number of benzene rings is 1. The van der Waals surface area contributed by atoms with Gasteiger partial charge in [-0.15, -0.1) is 12.4 Å². The first-order valence-electron chi connectivity index (χ1n) is 5.97. The third-order valence-corrected chi connectivity index (χ3v) is 3.15. The van der Waals surface area contributed by atoms with Gasteiger partial charge >= 0.3 is 0 Å². The van der Waals surface area contributed by atoms with Crippen LogP contribution < -0.4 is 11.1 Å². The molecule has 1 aromatic carbocycles. The Kier molecular flexibility index (Phi) is 6.33. The second-order valence-corrected chi connectivity index (χ2v) is 6.18. The summed E-state index contributed by atoms with van der Waals surface area (Å²) in [6.07, 6.45) is 0. The maximum absolute atomic E-state index is 12.2. The average molecular weight is 305 g/mol. The van der Waals surface area contributed by atoms with Crippen LogP contribution >= 0.6 is 24.0 Å². The first kappa shape index (κ1) is 18.2. The summed E-state index contributed by atoms with van der Waals surface area (Å²) >= 11 is 6.14. The van der Waals surface area contributed by atoms with Gasteiger partial charge in [0.1, 0.15) is 0 Å². The summed E-state index contributed by atoms with van der Waals surface area (Å²) in [5, 5.41) is 3.47. The molecule has 0 spiro atoms. The molecule has 0 aliphatic rings. The number of nitrogens with two attached hydrogens (primary N) is 1. The normalized spacial score (nSPS) is 11.7. The molecule has 0 saturated heterocycles. The summed E-state index contributed by atoms with van der Waals surface area (Å²) in [7, 11) is 0. The molecule has 19 heavy (non-hydrogen) atoms. The van der Waals surface area contributed by atoms with Gasteiger partial charge < -0.3 is 11.1 Å². The number of rotatable bonds is 4. The van der Waals surface area contributed by atoms with Crippen LogP contribution in [0.25, 0.3) is 0 Å². The van der Waals surface area contributed by atoms with Crippen molar-refractivity contribution in [1.29, 1.82) is 0 Å². The van der Waals surface area contributed by atoms with Crippen molar-refractivity contribution in [3.8, 4) is 0 Å². The molecule has 0 heterocycles.